The number of alkyl carbamates (subject to hydrolysis) is 1. The van der Waals surface area contributed by atoms with Crippen LogP contribution in [0.4, 0.5) is 4.79 Å². The third-order valence-corrected chi connectivity index (χ3v) is 6.61. The summed E-state index contributed by atoms with van der Waals surface area (Å²) in [6.07, 6.45) is 6.38. The van der Waals surface area contributed by atoms with Gasteiger partial charge in [0.05, 0.1) is 0 Å². The van der Waals surface area contributed by atoms with Gasteiger partial charge in [0.1, 0.15) is 17.7 Å². The first-order chi connectivity index (χ1) is 18.3. The maximum absolute atomic E-state index is 14.3. The lowest BCUT2D eigenvalue weighted by molar-refractivity contribution is -0.143. The zero-order chi connectivity index (χ0) is 29.6. The minimum absolute atomic E-state index is 0.0108. The second-order valence-corrected chi connectivity index (χ2v) is 12.1. The maximum Gasteiger partial charge on any atom is 0.408 e. The van der Waals surface area contributed by atoms with Crippen LogP contribution in [0.3, 0.4) is 0 Å². The predicted octanol–water partition coefficient (Wildman–Crippen LogP) is 6.94. The molecule has 3 atom stereocenters. The number of carbonyl (C=O) groups is 3. The molecule has 0 saturated heterocycles. The summed E-state index contributed by atoms with van der Waals surface area (Å²) in [6.45, 7) is 18.2. The molecule has 1 rings (SSSR count). The standard InChI is InChI=1S/C32H55N3O4/c1-10-13-14-15-21-35(30(37)27(22-23(4)5)34-31(38)39-32(7,8)9)28(29(36)33-24(6)16-11-2)26-19-17-25(12-3)18-20-26/h17-20,23-24,27-28H,10-16,21-22H2,1-9H3,(H,33,36)(H,34,38). The molecule has 0 aromatic heterocycles. The van der Waals surface area contributed by atoms with Crippen LogP contribution in [0, 0.1) is 5.92 Å². The number of carbonyl (C=O) groups excluding carboxylic acids is 3. The fraction of sp³-hybridized carbons (Fsp3) is 0.719. The second-order valence-electron chi connectivity index (χ2n) is 12.1. The minimum Gasteiger partial charge on any atom is -0.444 e. The summed E-state index contributed by atoms with van der Waals surface area (Å²) < 4.78 is 5.49. The van der Waals surface area contributed by atoms with Crippen molar-refractivity contribution < 1.29 is 19.1 Å². The van der Waals surface area contributed by atoms with E-state index < -0.39 is 23.8 Å². The molecule has 222 valence electrons. The highest BCUT2D eigenvalue weighted by Crippen LogP contribution is 2.26. The van der Waals surface area contributed by atoms with E-state index in [4.69, 9.17) is 4.74 Å². The molecule has 0 radical (unpaired) electrons. The third-order valence-electron chi connectivity index (χ3n) is 6.61. The normalized spacial score (nSPS) is 13.9. The number of rotatable bonds is 16. The van der Waals surface area contributed by atoms with E-state index in [2.05, 4.69) is 31.4 Å². The highest BCUT2D eigenvalue weighted by molar-refractivity contribution is 5.92. The Bertz CT molecular complexity index is 876. The molecule has 3 amide bonds. The number of hydrogen-bond donors (Lipinski definition) is 2. The van der Waals surface area contributed by atoms with Crippen LogP contribution in [0.25, 0.3) is 0 Å². The Morgan fingerprint density at radius 1 is 0.897 bits per heavy atom. The summed E-state index contributed by atoms with van der Waals surface area (Å²) in [7, 11) is 0. The largest absolute Gasteiger partial charge is 0.444 e. The minimum atomic E-state index is -0.802. The second kappa shape index (κ2) is 17.2. The summed E-state index contributed by atoms with van der Waals surface area (Å²) in [5, 5.41) is 5.98. The van der Waals surface area contributed by atoms with E-state index in [9.17, 15) is 14.4 Å². The summed E-state index contributed by atoms with van der Waals surface area (Å²) >= 11 is 0. The van der Waals surface area contributed by atoms with Crippen molar-refractivity contribution in [1.29, 1.82) is 0 Å². The number of amides is 3. The van der Waals surface area contributed by atoms with E-state index >= 15 is 0 Å². The molecule has 7 heteroatoms. The SMILES string of the molecule is CCCCCCN(C(=O)C(CC(C)C)NC(=O)OC(C)(C)C)C(C(=O)NC(C)CCC)c1ccc(CC)cc1. The lowest BCUT2D eigenvalue weighted by atomic mass is 9.97. The number of hydrogen-bond acceptors (Lipinski definition) is 4. The van der Waals surface area contributed by atoms with Gasteiger partial charge < -0.3 is 20.3 Å². The molecule has 0 aliphatic rings. The van der Waals surface area contributed by atoms with Gasteiger partial charge in [0.15, 0.2) is 0 Å². The Hall–Kier alpha value is -2.57. The van der Waals surface area contributed by atoms with Crippen molar-refractivity contribution in [1.82, 2.24) is 15.5 Å². The van der Waals surface area contributed by atoms with Crippen LogP contribution < -0.4 is 10.6 Å². The number of nitrogens with one attached hydrogen (secondary N) is 2. The molecular weight excluding hydrogens is 490 g/mol. The van der Waals surface area contributed by atoms with Crippen LogP contribution in [0.15, 0.2) is 24.3 Å². The van der Waals surface area contributed by atoms with Crippen molar-refractivity contribution in [3.63, 3.8) is 0 Å². The maximum atomic E-state index is 14.3. The fourth-order valence-electron chi connectivity index (χ4n) is 4.65. The van der Waals surface area contributed by atoms with Gasteiger partial charge in [0.25, 0.3) is 0 Å². The number of unbranched alkanes of at least 4 members (excludes halogenated alkanes) is 3. The van der Waals surface area contributed by atoms with E-state index in [0.717, 1.165) is 50.5 Å². The van der Waals surface area contributed by atoms with Gasteiger partial charge in [0, 0.05) is 12.6 Å². The number of benzene rings is 1. The molecule has 0 aliphatic carbocycles. The van der Waals surface area contributed by atoms with Crippen LogP contribution in [0.5, 0.6) is 0 Å². The fourth-order valence-corrected chi connectivity index (χ4v) is 4.65. The van der Waals surface area contributed by atoms with Gasteiger partial charge in [-0.2, -0.15) is 0 Å². The average Bonchev–Trinajstić information content (AvgIpc) is 2.84. The van der Waals surface area contributed by atoms with Crippen molar-refractivity contribution in [3.05, 3.63) is 35.4 Å². The number of ether oxygens (including phenoxy) is 1. The molecule has 3 unspecified atom stereocenters. The highest BCUT2D eigenvalue weighted by Gasteiger charge is 2.36. The first-order valence-electron chi connectivity index (χ1n) is 15.0. The van der Waals surface area contributed by atoms with Crippen molar-refractivity contribution in [2.45, 2.75) is 137 Å². The molecule has 2 N–H and O–H groups in total. The van der Waals surface area contributed by atoms with E-state index in [1.807, 2.05) is 45.0 Å². The highest BCUT2D eigenvalue weighted by atomic mass is 16.6. The molecular formula is C32H55N3O4. The van der Waals surface area contributed by atoms with Gasteiger partial charge in [0.2, 0.25) is 11.8 Å². The Balaban J connectivity index is 3.51. The van der Waals surface area contributed by atoms with Gasteiger partial charge in [-0.1, -0.05) is 84.6 Å². The van der Waals surface area contributed by atoms with Crippen LogP contribution in [0.1, 0.15) is 124 Å². The number of aryl methyl sites for hydroxylation is 1. The van der Waals surface area contributed by atoms with Crippen LogP contribution in [-0.2, 0) is 20.7 Å². The Morgan fingerprint density at radius 2 is 1.54 bits per heavy atom. The van der Waals surface area contributed by atoms with Crippen LogP contribution in [-0.4, -0.2) is 47.0 Å². The molecule has 0 fully saturated rings. The summed E-state index contributed by atoms with van der Waals surface area (Å²) in [5.74, 6) is -0.296. The molecule has 0 aliphatic heterocycles. The predicted molar refractivity (Wildman–Crippen MR) is 160 cm³/mol. The van der Waals surface area contributed by atoms with Gasteiger partial charge in [-0.05, 0) is 70.4 Å². The quantitative estimate of drug-likeness (QED) is 0.220. The summed E-state index contributed by atoms with van der Waals surface area (Å²) in [5.41, 5.74) is 1.26. The topological polar surface area (TPSA) is 87.7 Å². The molecule has 1 aromatic carbocycles. The molecule has 0 spiro atoms. The summed E-state index contributed by atoms with van der Waals surface area (Å²) in [6, 6.07) is 6.36. The average molecular weight is 546 g/mol. The molecule has 7 nitrogen and oxygen atoms in total. The summed E-state index contributed by atoms with van der Waals surface area (Å²) in [4.78, 5) is 42.6. The van der Waals surface area contributed by atoms with E-state index in [1.165, 1.54) is 5.56 Å². The van der Waals surface area contributed by atoms with E-state index in [0.29, 0.717) is 13.0 Å². The molecule has 0 heterocycles. The lowest BCUT2D eigenvalue weighted by Gasteiger charge is -2.35. The number of nitrogens with zero attached hydrogens (tertiary/aromatic N) is 1. The van der Waals surface area contributed by atoms with Crippen LogP contribution in [0.2, 0.25) is 0 Å². The van der Waals surface area contributed by atoms with Crippen molar-refractivity contribution in [3.8, 4) is 0 Å². The van der Waals surface area contributed by atoms with Crippen molar-refractivity contribution in [2.24, 2.45) is 5.92 Å². The van der Waals surface area contributed by atoms with Crippen molar-refractivity contribution >= 4 is 17.9 Å². The molecule has 0 saturated carbocycles. The monoisotopic (exact) mass is 545 g/mol. The molecule has 39 heavy (non-hydrogen) atoms. The first kappa shape index (κ1) is 34.5. The third kappa shape index (κ3) is 12.9. The zero-order valence-corrected chi connectivity index (χ0v) is 26.1. The lowest BCUT2D eigenvalue weighted by Crippen LogP contribution is -2.54. The Morgan fingerprint density at radius 3 is 2.05 bits per heavy atom. The zero-order valence-electron chi connectivity index (χ0n) is 26.1. The Kier molecular flexibility index (Phi) is 15.2. The van der Waals surface area contributed by atoms with E-state index in [1.54, 1.807) is 25.7 Å². The van der Waals surface area contributed by atoms with Gasteiger partial charge >= 0.3 is 6.09 Å². The smallest absolute Gasteiger partial charge is 0.408 e. The Labute approximate surface area is 237 Å². The molecule has 0 bridgehead atoms. The van der Waals surface area contributed by atoms with Crippen molar-refractivity contribution in [2.75, 3.05) is 6.54 Å². The first-order valence-corrected chi connectivity index (χ1v) is 15.0. The van der Waals surface area contributed by atoms with Crippen LogP contribution >= 0.6 is 0 Å². The van der Waals surface area contributed by atoms with Gasteiger partial charge in [-0.3, -0.25) is 9.59 Å². The molecule has 1 aromatic rings. The van der Waals surface area contributed by atoms with Gasteiger partial charge in [-0.15, -0.1) is 0 Å². The van der Waals surface area contributed by atoms with E-state index in [-0.39, 0.29) is 23.8 Å². The van der Waals surface area contributed by atoms with Gasteiger partial charge in [-0.25, -0.2) is 4.79 Å².